The van der Waals surface area contributed by atoms with E-state index >= 15 is 0 Å². The number of rotatable bonds is 8. The third kappa shape index (κ3) is 5.17. The molecule has 5 nitrogen and oxygen atoms in total. The Labute approximate surface area is 203 Å². The van der Waals surface area contributed by atoms with E-state index in [1.54, 1.807) is 6.21 Å². The lowest BCUT2D eigenvalue weighted by Crippen LogP contribution is -2.53. The number of hydrazone groups is 1. The average Bonchev–Trinajstić information content (AvgIpc) is 3.09. The summed E-state index contributed by atoms with van der Waals surface area (Å²) in [6.45, 7) is 9.96. The molecular weight excluding hydrogens is 430 g/mol. The van der Waals surface area contributed by atoms with Crippen LogP contribution in [0.25, 0.3) is 0 Å². The van der Waals surface area contributed by atoms with Crippen molar-refractivity contribution in [2.45, 2.75) is 111 Å². The SMILES string of the molecule is CC(C=NNS(N)(=O)=O)CCC[C@@H](C)[C@H]1CC[C@H]2[C@@H]3CCC4CCCC[C@]4(C)[C@H]3CC[C@]12C. The quantitative estimate of drug-likeness (QED) is 0.318. The molecule has 4 saturated carbocycles. The van der Waals surface area contributed by atoms with E-state index in [0.29, 0.717) is 10.8 Å². The predicted octanol–water partition coefficient (Wildman–Crippen LogP) is 6.26. The Balaban J connectivity index is 1.32. The molecule has 33 heavy (non-hydrogen) atoms. The first kappa shape index (κ1) is 25.5. The maximum absolute atomic E-state index is 10.9. The van der Waals surface area contributed by atoms with Gasteiger partial charge in [0.15, 0.2) is 0 Å². The van der Waals surface area contributed by atoms with Crippen LogP contribution in [0.1, 0.15) is 111 Å². The van der Waals surface area contributed by atoms with E-state index in [-0.39, 0.29) is 5.92 Å². The summed E-state index contributed by atoms with van der Waals surface area (Å²) in [7, 11) is -3.75. The largest absolute Gasteiger partial charge is 0.311 e. The Bertz CT molecular complexity index is 814. The van der Waals surface area contributed by atoms with Crippen molar-refractivity contribution in [2.24, 2.45) is 62.5 Å². The van der Waals surface area contributed by atoms with Crippen LogP contribution in [0, 0.1) is 52.3 Å². The molecule has 0 aromatic carbocycles. The van der Waals surface area contributed by atoms with E-state index in [2.05, 4.69) is 32.8 Å². The summed E-state index contributed by atoms with van der Waals surface area (Å²) in [5.41, 5.74) is 1.19. The minimum atomic E-state index is -3.75. The van der Waals surface area contributed by atoms with E-state index in [0.717, 1.165) is 41.9 Å². The molecule has 3 N–H and O–H groups in total. The van der Waals surface area contributed by atoms with Crippen molar-refractivity contribution in [3.05, 3.63) is 0 Å². The number of nitrogens with one attached hydrogen (secondary N) is 1. The van der Waals surface area contributed by atoms with Crippen molar-refractivity contribution in [2.75, 3.05) is 0 Å². The summed E-state index contributed by atoms with van der Waals surface area (Å²) in [6, 6.07) is 0. The summed E-state index contributed by atoms with van der Waals surface area (Å²) < 4.78 is 21.9. The second-order valence-corrected chi connectivity index (χ2v) is 14.2. The van der Waals surface area contributed by atoms with Crippen LogP contribution in [-0.2, 0) is 10.2 Å². The summed E-state index contributed by atoms with van der Waals surface area (Å²) in [6.07, 6.45) is 20.0. The summed E-state index contributed by atoms with van der Waals surface area (Å²) in [5, 5.41) is 8.69. The molecule has 0 amide bonds. The van der Waals surface area contributed by atoms with Gasteiger partial charge in [-0.25, -0.2) is 5.14 Å². The molecule has 0 bridgehead atoms. The van der Waals surface area contributed by atoms with Crippen molar-refractivity contribution in [3.63, 3.8) is 0 Å². The normalized spacial score (nSPS) is 42.9. The predicted molar refractivity (Wildman–Crippen MR) is 137 cm³/mol. The summed E-state index contributed by atoms with van der Waals surface area (Å²) >= 11 is 0. The Morgan fingerprint density at radius 3 is 2.48 bits per heavy atom. The molecule has 6 heteroatoms. The van der Waals surface area contributed by atoms with Crippen LogP contribution in [0.2, 0.25) is 0 Å². The molecule has 0 heterocycles. The van der Waals surface area contributed by atoms with Gasteiger partial charge in [-0.15, -0.1) is 0 Å². The first-order valence-electron chi connectivity index (χ1n) is 13.9. The zero-order valence-electron chi connectivity index (χ0n) is 21.6. The van der Waals surface area contributed by atoms with E-state index in [4.69, 9.17) is 5.14 Å². The van der Waals surface area contributed by atoms with Crippen LogP contribution in [0.15, 0.2) is 5.10 Å². The smallest absolute Gasteiger partial charge is 0.210 e. The molecule has 0 saturated heterocycles. The van der Waals surface area contributed by atoms with Crippen LogP contribution >= 0.6 is 0 Å². The van der Waals surface area contributed by atoms with Crippen LogP contribution in [0.4, 0.5) is 0 Å². The molecule has 0 radical (unpaired) electrons. The Hall–Kier alpha value is -0.620. The van der Waals surface area contributed by atoms with Gasteiger partial charge in [0.25, 0.3) is 0 Å². The minimum Gasteiger partial charge on any atom is -0.210 e. The lowest BCUT2D eigenvalue weighted by molar-refractivity contribution is -0.114. The van der Waals surface area contributed by atoms with Crippen molar-refractivity contribution >= 4 is 16.4 Å². The topological polar surface area (TPSA) is 84.5 Å². The number of nitrogens with zero attached hydrogens (tertiary/aromatic N) is 1. The lowest BCUT2D eigenvalue weighted by atomic mass is 9.44. The fraction of sp³-hybridized carbons (Fsp3) is 0.963. The van der Waals surface area contributed by atoms with E-state index in [1.807, 2.05) is 4.83 Å². The van der Waals surface area contributed by atoms with Gasteiger partial charge in [-0.1, -0.05) is 53.4 Å². The molecule has 4 aliphatic carbocycles. The van der Waals surface area contributed by atoms with Gasteiger partial charge in [-0.05, 0) is 110 Å². The van der Waals surface area contributed by atoms with Gasteiger partial charge < -0.3 is 0 Å². The van der Waals surface area contributed by atoms with Crippen molar-refractivity contribution in [3.8, 4) is 0 Å². The van der Waals surface area contributed by atoms with Crippen molar-refractivity contribution in [1.29, 1.82) is 0 Å². The number of nitrogens with two attached hydrogens (primary N) is 1. The van der Waals surface area contributed by atoms with Gasteiger partial charge in [-0.2, -0.15) is 18.4 Å². The van der Waals surface area contributed by atoms with Crippen LogP contribution in [-0.4, -0.2) is 14.6 Å². The lowest BCUT2D eigenvalue weighted by Gasteiger charge is -2.61. The Morgan fingerprint density at radius 1 is 0.970 bits per heavy atom. The first-order valence-corrected chi connectivity index (χ1v) is 15.4. The molecule has 4 rings (SSSR count). The average molecular weight is 480 g/mol. The van der Waals surface area contributed by atoms with Crippen LogP contribution in [0.3, 0.4) is 0 Å². The second kappa shape index (κ2) is 9.79. The van der Waals surface area contributed by atoms with Gasteiger partial charge in [0.05, 0.1) is 0 Å². The van der Waals surface area contributed by atoms with Crippen molar-refractivity contribution < 1.29 is 8.42 Å². The molecule has 0 spiro atoms. The molecule has 4 aliphatic rings. The fourth-order valence-electron chi connectivity index (χ4n) is 9.54. The third-order valence-electron chi connectivity index (χ3n) is 11.2. The molecule has 0 aromatic heterocycles. The minimum absolute atomic E-state index is 0.250. The van der Waals surface area contributed by atoms with Crippen LogP contribution < -0.4 is 9.97 Å². The van der Waals surface area contributed by atoms with Gasteiger partial charge in [0.1, 0.15) is 0 Å². The second-order valence-electron chi connectivity index (χ2n) is 12.9. The van der Waals surface area contributed by atoms with Crippen molar-refractivity contribution in [1.82, 2.24) is 4.83 Å². The van der Waals surface area contributed by atoms with Gasteiger partial charge in [-0.3, -0.25) is 0 Å². The highest BCUT2D eigenvalue weighted by Crippen LogP contribution is 2.68. The third-order valence-corrected chi connectivity index (χ3v) is 11.5. The molecule has 190 valence electrons. The van der Waals surface area contributed by atoms with E-state index < -0.39 is 10.2 Å². The fourth-order valence-corrected chi connectivity index (χ4v) is 9.75. The number of hydrogen-bond donors (Lipinski definition) is 2. The maximum Gasteiger partial charge on any atom is 0.311 e. The standard InChI is InChI=1S/C27H49N3O2S/c1-19(18-29-30-33(28,31)32)8-7-9-20(2)23-13-14-24-22-12-11-21-10-5-6-16-26(21,3)25(22)15-17-27(23,24)4/h18-25,30H,5-17H2,1-4H3,(H2,28,31,32)/t19?,20-,21?,22+,23-,24+,25+,26+,27-/m1/s1. The van der Waals surface area contributed by atoms with Gasteiger partial charge in [0.2, 0.25) is 0 Å². The molecular formula is C27H49N3O2S. The molecule has 0 aromatic rings. The first-order chi connectivity index (χ1) is 15.5. The monoisotopic (exact) mass is 479 g/mol. The zero-order valence-corrected chi connectivity index (χ0v) is 22.4. The molecule has 9 atom stereocenters. The van der Waals surface area contributed by atoms with Crippen LogP contribution in [0.5, 0.6) is 0 Å². The zero-order chi connectivity index (χ0) is 23.9. The summed E-state index contributed by atoms with van der Waals surface area (Å²) in [4.78, 5) is 1.99. The highest BCUT2D eigenvalue weighted by Gasteiger charge is 2.60. The van der Waals surface area contributed by atoms with E-state index in [9.17, 15) is 8.42 Å². The molecule has 2 unspecified atom stereocenters. The number of hydrogen-bond acceptors (Lipinski definition) is 3. The Morgan fingerprint density at radius 2 is 1.73 bits per heavy atom. The molecule has 4 fully saturated rings. The van der Waals surface area contributed by atoms with Gasteiger partial charge >= 0.3 is 10.2 Å². The highest BCUT2D eigenvalue weighted by molar-refractivity contribution is 7.87. The molecule has 0 aliphatic heterocycles. The highest BCUT2D eigenvalue weighted by atomic mass is 32.2. The van der Waals surface area contributed by atoms with Gasteiger partial charge in [0, 0.05) is 6.21 Å². The number of fused-ring (bicyclic) bond motifs is 5. The maximum atomic E-state index is 10.9. The summed E-state index contributed by atoms with van der Waals surface area (Å²) in [5.74, 6) is 5.84. The van der Waals surface area contributed by atoms with E-state index in [1.165, 1.54) is 77.0 Å². The Kier molecular flexibility index (Phi) is 7.56.